The summed E-state index contributed by atoms with van der Waals surface area (Å²) >= 11 is 0. The van der Waals surface area contributed by atoms with Gasteiger partial charge in [0.15, 0.2) is 6.29 Å². The van der Waals surface area contributed by atoms with E-state index in [1.165, 1.54) is 6.20 Å². The lowest BCUT2D eigenvalue weighted by atomic mass is 10.3. The summed E-state index contributed by atoms with van der Waals surface area (Å²) in [5.41, 5.74) is 0.535. The van der Waals surface area contributed by atoms with Gasteiger partial charge >= 0.3 is 0 Å². The topological polar surface area (TPSA) is 59.4 Å². The van der Waals surface area contributed by atoms with Gasteiger partial charge < -0.3 is 9.84 Å². The molecule has 0 amide bonds. The number of pyridine rings is 1. The number of aldehydes is 1. The summed E-state index contributed by atoms with van der Waals surface area (Å²) in [6.45, 7) is 0.717. The number of aliphatic hydroxyl groups excluding tert-OH is 1. The third-order valence-electron chi connectivity index (χ3n) is 1.70. The fraction of sp³-hybridized carbons (Fsp3) is 0.400. The zero-order valence-electron chi connectivity index (χ0n) is 7.85. The Morgan fingerprint density at radius 3 is 2.86 bits per heavy atom. The van der Waals surface area contributed by atoms with Crippen LogP contribution in [0.4, 0.5) is 0 Å². The van der Waals surface area contributed by atoms with Gasteiger partial charge in [-0.1, -0.05) is 0 Å². The second-order valence-electron chi connectivity index (χ2n) is 2.83. The van der Waals surface area contributed by atoms with Gasteiger partial charge in [-0.3, -0.25) is 4.79 Å². The molecule has 1 heterocycles. The SMILES string of the molecule is O=Cc1ccc(OCCCCO)nc1. The van der Waals surface area contributed by atoms with Crippen LogP contribution in [-0.4, -0.2) is 29.6 Å². The Morgan fingerprint density at radius 2 is 2.29 bits per heavy atom. The van der Waals surface area contributed by atoms with Gasteiger partial charge in [-0.15, -0.1) is 0 Å². The summed E-state index contributed by atoms with van der Waals surface area (Å²) in [5, 5.41) is 8.52. The van der Waals surface area contributed by atoms with E-state index < -0.39 is 0 Å². The van der Waals surface area contributed by atoms with E-state index in [2.05, 4.69) is 4.98 Å². The smallest absolute Gasteiger partial charge is 0.213 e. The van der Waals surface area contributed by atoms with Crippen LogP contribution in [0, 0.1) is 0 Å². The molecule has 0 spiro atoms. The van der Waals surface area contributed by atoms with Crippen molar-refractivity contribution in [1.29, 1.82) is 0 Å². The third-order valence-corrected chi connectivity index (χ3v) is 1.70. The Morgan fingerprint density at radius 1 is 1.43 bits per heavy atom. The second-order valence-corrected chi connectivity index (χ2v) is 2.83. The number of aliphatic hydroxyl groups is 1. The molecule has 0 atom stereocenters. The highest BCUT2D eigenvalue weighted by molar-refractivity contribution is 5.73. The van der Waals surface area contributed by atoms with Crippen LogP contribution >= 0.6 is 0 Å². The van der Waals surface area contributed by atoms with E-state index in [0.717, 1.165) is 19.1 Å². The van der Waals surface area contributed by atoms with E-state index in [4.69, 9.17) is 9.84 Å². The molecule has 4 heteroatoms. The van der Waals surface area contributed by atoms with Crippen LogP contribution in [0.2, 0.25) is 0 Å². The molecule has 1 aromatic rings. The quantitative estimate of drug-likeness (QED) is 0.544. The first-order chi connectivity index (χ1) is 6.86. The van der Waals surface area contributed by atoms with Crippen LogP contribution < -0.4 is 4.74 Å². The third kappa shape index (κ3) is 3.53. The minimum absolute atomic E-state index is 0.181. The number of carbonyl (C=O) groups excluding carboxylic acids is 1. The maximum atomic E-state index is 10.3. The number of hydrogen-bond donors (Lipinski definition) is 1. The van der Waals surface area contributed by atoms with Crippen molar-refractivity contribution in [2.75, 3.05) is 13.2 Å². The van der Waals surface area contributed by atoms with E-state index in [-0.39, 0.29) is 6.61 Å². The monoisotopic (exact) mass is 195 g/mol. The molecular weight excluding hydrogens is 182 g/mol. The van der Waals surface area contributed by atoms with E-state index >= 15 is 0 Å². The number of carbonyl (C=O) groups is 1. The van der Waals surface area contributed by atoms with Gasteiger partial charge in [-0.2, -0.15) is 0 Å². The van der Waals surface area contributed by atoms with Crippen molar-refractivity contribution in [1.82, 2.24) is 4.98 Å². The lowest BCUT2D eigenvalue weighted by Crippen LogP contribution is -2.00. The lowest BCUT2D eigenvalue weighted by Gasteiger charge is -2.03. The summed E-state index contributed by atoms with van der Waals surface area (Å²) in [5.74, 6) is 0.508. The van der Waals surface area contributed by atoms with Crippen molar-refractivity contribution < 1.29 is 14.6 Å². The molecule has 0 fully saturated rings. The van der Waals surface area contributed by atoms with Crippen LogP contribution in [0.15, 0.2) is 18.3 Å². The minimum atomic E-state index is 0.181. The fourth-order valence-electron chi connectivity index (χ4n) is 0.937. The van der Waals surface area contributed by atoms with Gasteiger partial charge in [-0.05, 0) is 18.9 Å². The molecule has 4 nitrogen and oxygen atoms in total. The van der Waals surface area contributed by atoms with Crippen LogP contribution in [0.1, 0.15) is 23.2 Å². The molecule has 0 radical (unpaired) electrons. The maximum Gasteiger partial charge on any atom is 0.213 e. The Hall–Kier alpha value is -1.42. The molecule has 1 aromatic heterocycles. The number of aromatic nitrogens is 1. The van der Waals surface area contributed by atoms with E-state index in [9.17, 15) is 4.79 Å². The van der Waals surface area contributed by atoms with Crippen LogP contribution in [-0.2, 0) is 0 Å². The van der Waals surface area contributed by atoms with Crippen LogP contribution in [0.25, 0.3) is 0 Å². The molecule has 0 unspecified atom stereocenters. The fourth-order valence-corrected chi connectivity index (χ4v) is 0.937. The molecule has 1 rings (SSSR count). The summed E-state index contributed by atoms with van der Waals surface area (Å²) < 4.78 is 5.27. The van der Waals surface area contributed by atoms with Crippen molar-refractivity contribution in [3.63, 3.8) is 0 Å². The first kappa shape index (κ1) is 10.7. The summed E-state index contributed by atoms with van der Waals surface area (Å²) in [6.07, 6.45) is 3.73. The van der Waals surface area contributed by atoms with E-state index in [0.29, 0.717) is 18.1 Å². The summed E-state index contributed by atoms with van der Waals surface area (Å²) in [7, 11) is 0. The van der Waals surface area contributed by atoms with Crippen molar-refractivity contribution in [2.24, 2.45) is 0 Å². The number of hydrogen-bond acceptors (Lipinski definition) is 4. The first-order valence-corrected chi connectivity index (χ1v) is 4.51. The molecule has 14 heavy (non-hydrogen) atoms. The largest absolute Gasteiger partial charge is 0.478 e. The van der Waals surface area contributed by atoms with Gasteiger partial charge in [-0.25, -0.2) is 4.98 Å². The van der Waals surface area contributed by atoms with Gasteiger partial charge in [0.05, 0.1) is 6.61 Å². The molecule has 0 saturated heterocycles. The highest BCUT2D eigenvalue weighted by atomic mass is 16.5. The molecule has 0 aromatic carbocycles. The van der Waals surface area contributed by atoms with Crippen molar-refractivity contribution >= 4 is 6.29 Å². The van der Waals surface area contributed by atoms with Gasteiger partial charge in [0.25, 0.3) is 0 Å². The Bertz CT molecular complexity index is 271. The van der Waals surface area contributed by atoms with Crippen molar-refractivity contribution in [3.8, 4) is 5.88 Å². The van der Waals surface area contributed by atoms with Crippen molar-refractivity contribution in [2.45, 2.75) is 12.8 Å². The van der Waals surface area contributed by atoms with Crippen LogP contribution in [0.5, 0.6) is 5.88 Å². The predicted octanol–water partition coefficient (Wildman–Crippen LogP) is 1.05. The molecule has 0 saturated carbocycles. The zero-order valence-corrected chi connectivity index (χ0v) is 7.85. The Kier molecular flexibility index (Phi) is 4.64. The molecular formula is C10H13NO3. The highest BCUT2D eigenvalue weighted by Crippen LogP contribution is 2.06. The zero-order chi connectivity index (χ0) is 10.2. The molecule has 0 bridgehead atoms. The average molecular weight is 195 g/mol. The highest BCUT2D eigenvalue weighted by Gasteiger charge is 1.95. The Labute approximate surface area is 82.5 Å². The standard InChI is InChI=1S/C10H13NO3/c12-5-1-2-6-14-10-4-3-9(8-13)7-11-10/h3-4,7-8,12H,1-2,5-6H2. The second kappa shape index (κ2) is 6.10. The summed E-state index contributed by atoms with van der Waals surface area (Å²) in [4.78, 5) is 14.2. The number of unbranched alkanes of at least 4 members (excludes halogenated alkanes) is 1. The Balaban J connectivity index is 2.32. The van der Waals surface area contributed by atoms with Crippen molar-refractivity contribution in [3.05, 3.63) is 23.9 Å². The summed E-state index contributed by atoms with van der Waals surface area (Å²) in [6, 6.07) is 3.31. The predicted molar refractivity (Wildman–Crippen MR) is 51.4 cm³/mol. The maximum absolute atomic E-state index is 10.3. The normalized spacial score (nSPS) is 9.79. The first-order valence-electron chi connectivity index (χ1n) is 4.51. The molecule has 0 aliphatic rings. The van der Waals surface area contributed by atoms with Crippen LogP contribution in [0.3, 0.4) is 0 Å². The van der Waals surface area contributed by atoms with Gasteiger partial charge in [0.2, 0.25) is 5.88 Å². The molecule has 0 aliphatic carbocycles. The average Bonchev–Trinajstić information content (AvgIpc) is 2.25. The lowest BCUT2D eigenvalue weighted by molar-refractivity contribution is 0.112. The molecule has 1 N–H and O–H groups in total. The minimum Gasteiger partial charge on any atom is -0.478 e. The van der Waals surface area contributed by atoms with Gasteiger partial charge in [0, 0.05) is 24.4 Å². The molecule has 76 valence electrons. The van der Waals surface area contributed by atoms with E-state index in [1.807, 2.05) is 0 Å². The molecule has 0 aliphatic heterocycles. The number of rotatable bonds is 6. The van der Waals surface area contributed by atoms with E-state index in [1.54, 1.807) is 12.1 Å². The van der Waals surface area contributed by atoms with Gasteiger partial charge in [0.1, 0.15) is 0 Å². The number of ether oxygens (including phenoxy) is 1. The number of nitrogens with zero attached hydrogens (tertiary/aromatic N) is 1.